The largest absolute Gasteiger partial charge is 0.276 e. The molecule has 9 nitrogen and oxygen atoms in total. The van der Waals surface area contributed by atoms with Gasteiger partial charge in [-0.1, -0.05) is 236 Å². The van der Waals surface area contributed by atoms with Crippen molar-refractivity contribution in [3.8, 4) is 101 Å². The van der Waals surface area contributed by atoms with Gasteiger partial charge in [-0.25, -0.2) is 29.9 Å². The first-order valence-corrected chi connectivity index (χ1v) is 34.3. The van der Waals surface area contributed by atoms with Gasteiger partial charge in [-0.3, -0.25) is 13.2 Å². The Bertz CT molecular complexity index is 6650. The zero-order valence-electron chi connectivity index (χ0n) is 54.9. The van der Waals surface area contributed by atoms with Crippen LogP contribution in [-0.4, -0.2) is 43.1 Å². The van der Waals surface area contributed by atoms with Crippen LogP contribution < -0.4 is 0 Å². The predicted octanol–water partition coefficient (Wildman–Crippen LogP) is 22.6. The zero-order chi connectivity index (χ0) is 66.7. The van der Waals surface area contributed by atoms with Crippen molar-refractivity contribution < 1.29 is 0 Å². The summed E-state index contributed by atoms with van der Waals surface area (Å²) in [6, 6.07) is 117. The highest BCUT2D eigenvalue weighted by molar-refractivity contribution is 6.04. The summed E-state index contributed by atoms with van der Waals surface area (Å²) in [6.45, 7) is 2.13. The van der Waals surface area contributed by atoms with E-state index in [2.05, 4.69) is 348 Å². The summed E-state index contributed by atoms with van der Waals surface area (Å²) in [7, 11) is 0. The van der Waals surface area contributed by atoms with Crippen molar-refractivity contribution in [2.75, 3.05) is 0 Å². The molecule has 0 spiro atoms. The third kappa shape index (κ3) is 9.84. The smallest absolute Gasteiger partial charge is 0.149 e. The minimum Gasteiger partial charge on any atom is -0.276 e. The van der Waals surface area contributed by atoms with Gasteiger partial charge in [0.25, 0.3) is 0 Å². The van der Waals surface area contributed by atoms with Gasteiger partial charge in [0.05, 0.1) is 49.7 Å². The van der Waals surface area contributed by atoms with Crippen molar-refractivity contribution in [1.29, 1.82) is 0 Å². The van der Waals surface area contributed by atoms with Crippen LogP contribution in [0.5, 0.6) is 0 Å². The van der Waals surface area contributed by atoms with Crippen LogP contribution in [-0.2, 0) is 6.42 Å². The van der Waals surface area contributed by atoms with E-state index in [1.54, 1.807) is 0 Å². The lowest BCUT2D eigenvalue weighted by Gasteiger charge is -2.18. The summed E-state index contributed by atoms with van der Waals surface area (Å²) in [5.74, 6) is 2.51. The Morgan fingerprint density at radius 3 is 1.21 bits per heavy atom. The Hall–Kier alpha value is -13.5. The summed E-state index contributed by atoms with van der Waals surface area (Å²) in [5.41, 5.74) is 31.0. The first kappa shape index (κ1) is 57.7. The summed E-state index contributed by atoms with van der Waals surface area (Å²) < 4.78 is 6.72. The number of fused-ring (bicyclic) bond motifs is 15. The highest BCUT2D eigenvalue weighted by Crippen LogP contribution is 2.44. The minimum atomic E-state index is 0.780. The summed E-state index contributed by atoms with van der Waals surface area (Å²) >= 11 is 0. The van der Waals surface area contributed by atoms with Crippen molar-refractivity contribution in [2.24, 2.45) is 0 Å². The Morgan fingerprint density at radius 2 is 0.604 bits per heavy atom. The van der Waals surface area contributed by atoms with Gasteiger partial charge < -0.3 is 0 Å². The van der Waals surface area contributed by atoms with Gasteiger partial charge in [0.15, 0.2) is 0 Å². The van der Waals surface area contributed by atoms with Crippen molar-refractivity contribution in [3.63, 3.8) is 0 Å². The second-order valence-corrected chi connectivity index (χ2v) is 26.3. The van der Waals surface area contributed by atoms with Crippen molar-refractivity contribution >= 4 is 82.8 Å². The van der Waals surface area contributed by atoms with E-state index in [0.717, 1.165) is 190 Å². The van der Waals surface area contributed by atoms with Gasteiger partial charge in [-0.2, -0.15) is 0 Å². The lowest BCUT2D eigenvalue weighted by molar-refractivity contribution is 1.16. The average Bonchev–Trinajstić information content (AvgIpc) is 1.65. The van der Waals surface area contributed by atoms with Crippen LogP contribution in [0, 0.1) is 6.92 Å². The van der Waals surface area contributed by atoms with Gasteiger partial charge in [0, 0.05) is 32.8 Å². The van der Waals surface area contributed by atoms with E-state index in [9.17, 15) is 0 Å². The molecule has 0 atom stereocenters. The van der Waals surface area contributed by atoms with E-state index >= 15 is 0 Å². The number of rotatable bonds is 11. The number of imidazole rings is 3. The number of para-hydroxylation sites is 6. The molecule has 9 heteroatoms. The Kier molecular flexibility index (Phi) is 13.4. The van der Waals surface area contributed by atoms with Crippen LogP contribution in [0.15, 0.2) is 328 Å². The van der Waals surface area contributed by atoms with Gasteiger partial charge in [0.2, 0.25) is 0 Å². The number of benzene rings is 14. The van der Waals surface area contributed by atoms with Gasteiger partial charge in [-0.15, -0.1) is 0 Å². The Labute approximate surface area is 580 Å². The fourth-order valence-corrected chi connectivity index (χ4v) is 15.1. The molecule has 0 aliphatic heterocycles. The lowest BCUT2D eigenvalue weighted by Crippen LogP contribution is -2.01. The third-order valence-corrected chi connectivity index (χ3v) is 20.1. The standard InChI is InChI=1S/C92H59N9/c1-57-34-40-63(41-35-57)72-26-17-27-73(86(72)92-94-78-29-11-9-25-75(78)89-95-80-31-13-15-33-84(80)101(89)92)64-44-38-59(39-45-64)50-58-36-42-62(43-37-58)65-22-16-23-68(51-65)87-97-81-55-66(46-48-76(81)91-96-79-30-12-14-32-83(79)99(87)91)67-47-49-85-82(56-67)98-90-74-24-8-10-28-77(74)93-88(100(85)90)71-53-69(60-18-4-2-5-19-60)52-70(54-71)61-20-6-3-7-21-61/h2-49,51-56H,50H2,1H3. The second-order valence-electron chi connectivity index (χ2n) is 26.3. The van der Waals surface area contributed by atoms with Gasteiger partial charge >= 0.3 is 0 Å². The summed E-state index contributed by atoms with van der Waals surface area (Å²) in [6.07, 6.45) is 0.780. The predicted molar refractivity (Wildman–Crippen MR) is 414 cm³/mol. The number of aromatic nitrogens is 9. The zero-order valence-corrected chi connectivity index (χ0v) is 54.9. The molecule has 0 fully saturated rings. The summed E-state index contributed by atoms with van der Waals surface area (Å²) in [5, 5.41) is 2.98. The molecule has 20 aromatic rings. The molecule has 0 radical (unpaired) electrons. The van der Waals surface area contributed by atoms with Crippen molar-refractivity contribution in [3.05, 3.63) is 344 Å². The molecule has 6 aromatic heterocycles. The molecule has 0 saturated heterocycles. The van der Waals surface area contributed by atoms with Crippen LogP contribution >= 0.6 is 0 Å². The maximum absolute atomic E-state index is 5.60. The van der Waals surface area contributed by atoms with Crippen LogP contribution in [0.25, 0.3) is 184 Å². The topological polar surface area (TPSA) is 90.6 Å². The van der Waals surface area contributed by atoms with Crippen molar-refractivity contribution in [1.82, 2.24) is 43.1 Å². The molecule has 0 amide bonds. The molecule has 0 N–H and O–H groups in total. The van der Waals surface area contributed by atoms with Gasteiger partial charge in [-0.05, 0) is 188 Å². The van der Waals surface area contributed by atoms with Crippen LogP contribution in [0.1, 0.15) is 16.7 Å². The first-order chi connectivity index (χ1) is 49.9. The fourth-order valence-electron chi connectivity index (χ4n) is 15.1. The average molecular weight is 1290 g/mol. The Morgan fingerprint density at radius 1 is 0.228 bits per heavy atom. The molecule has 0 bridgehead atoms. The van der Waals surface area contributed by atoms with Crippen LogP contribution in [0.3, 0.4) is 0 Å². The number of aryl methyl sites for hydroxylation is 1. The van der Waals surface area contributed by atoms with Crippen LogP contribution in [0.4, 0.5) is 0 Å². The van der Waals surface area contributed by atoms with E-state index < -0.39 is 0 Å². The normalized spacial score (nSPS) is 11.9. The number of hydrogen-bond donors (Lipinski definition) is 0. The SMILES string of the molecule is Cc1ccc(-c2cccc(-c3ccc(Cc4ccc(-c5cccc(-c6nc7cc(-c8ccc9c(c8)nc8c%10ccccc%10nc(-c%10cc(-c%11ccccc%11)cc(-c%11ccccc%11)c%10)n98)ccc7c7nc8ccccc8n67)c5)cc4)cc3)c2-c2nc3ccccc3c3nc4ccccc4n23)cc1. The maximum Gasteiger partial charge on any atom is 0.149 e. The molecule has 0 aliphatic rings. The molecule has 0 aliphatic carbocycles. The molecular formula is C92H59N9. The molecule has 472 valence electrons. The Balaban J connectivity index is 0.632. The van der Waals surface area contributed by atoms with Crippen LogP contribution in [0.2, 0.25) is 0 Å². The summed E-state index contributed by atoms with van der Waals surface area (Å²) in [4.78, 5) is 32.5. The molecular weight excluding hydrogens is 1230 g/mol. The number of nitrogens with zero attached hydrogens (tertiary/aromatic N) is 9. The molecule has 6 heterocycles. The third-order valence-electron chi connectivity index (χ3n) is 20.1. The maximum atomic E-state index is 5.60. The van der Waals surface area contributed by atoms with Gasteiger partial charge in [0.1, 0.15) is 34.4 Å². The molecule has 0 unspecified atom stereocenters. The van der Waals surface area contributed by atoms with E-state index in [-0.39, 0.29) is 0 Å². The quantitative estimate of drug-likeness (QED) is 0.128. The van der Waals surface area contributed by atoms with E-state index in [1.165, 1.54) is 16.7 Å². The highest BCUT2D eigenvalue weighted by atomic mass is 15.1. The monoisotopic (exact) mass is 1290 g/mol. The van der Waals surface area contributed by atoms with Crippen molar-refractivity contribution in [2.45, 2.75) is 13.3 Å². The van der Waals surface area contributed by atoms with E-state index in [0.29, 0.717) is 0 Å². The molecule has 101 heavy (non-hydrogen) atoms. The lowest BCUT2D eigenvalue weighted by atomic mass is 9.90. The second kappa shape index (κ2) is 23.4. The fraction of sp³-hybridized carbons (Fsp3) is 0.0217. The van der Waals surface area contributed by atoms with E-state index in [4.69, 9.17) is 29.9 Å². The van der Waals surface area contributed by atoms with E-state index in [1.807, 2.05) is 0 Å². The molecule has 0 saturated carbocycles. The minimum absolute atomic E-state index is 0.780. The highest BCUT2D eigenvalue weighted by Gasteiger charge is 2.24. The number of hydrogen-bond acceptors (Lipinski definition) is 6. The molecule has 20 rings (SSSR count). The first-order valence-electron chi connectivity index (χ1n) is 34.3. The molecule has 14 aromatic carbocycles.